The van der Waals surface area contributed by atoms with Gasteiger partial charge in [0, 0.05) is 38.8 Å². The van der Waals surface area contributed by atoms with E-state index in [4.69, 9.17) is 4.74 Å². The van der Waals surface area contributed by atoms with Crippen LogP contribution in [0.3, 0.4) is 0 Å². The lowest BCUT2D eigenvalue weighted by atomic mass is 9.96. The Morgan fingerprint density at radius 2 is 1.83 bits per heavy atom. The number of methoxy groups -OCH3 is 1. The Morgan fingerprint density at radius 1 is 1.17 bits per heavy atom. The van der Waals surface area contributed by atoms with Crippen LogP contribution in [0.4, 0.5) is 0 Å². The lowest BCUT2D eigenvalue weighted by molar-refractivity contribution is 0.0728. The van der Waals surface area contributed by atoms with E-state index < -0.39 is 0 Å². The highest BCUT2D eigenvalue weighted by atomic mass is 16.5. The SMILES string of the molecule is COCCN1CC(CC(C)C)NCC1CC(C)C. The molecule has 0 amide bonds. The van der Waals surface area contributed by atoms with Crippen LogP contribution < -0.4 is 5.32 Å². The van der Waals surface area contributed by atoms with Gasteiger partial charge in [-0.25, -0.2) is 0 Å². The molecule has 0 aromatic heterocycles. The molecule has 0 aromatic carbocycles. The normalized spacial score (nSPS) is 26.2. The molecule has 1 aliphatic rings. The highest BCUT2D eigenvalue weighted by Gasteiger charge is 2.28. The van der Waals surface area contributed by atoms with Crippen molar-refractivity contribution < 1.29 is 4.74 Å². The molecule has 108 valence electrons. The van der Waals surface area contributed by atoms with Gasteiger partial charge in [0.1, 0.15) is 0 Å². The molecule has 1 heterocycles. The number of nitrogens with one attached hydrogen (secondary N) is 1. The van der Waals surface area contributed by atoms with Crippen molar-refractivity contribution in [1.29, 1.82) is 0 Å². The molecule has 1 saturated heterocycles. The van der Waals surface area contributed by atoms with Gasteiger partial charge in [0.2, 0.25) is 0 Å². The van der Waals surface area contributed by atoms with Gasteiger partial charge in [0.05, 0.1) is 6.61 Å². The van der Waals surface area contributed by atoms with Crippen molar-refractivity contribution in [3.63, 3.8) is 0 Å². The molecule has 3 nitrogen and oxygen atoms in total. The second-order valence-corrected chi connectivity index (χ2v) is 6.51. The van der Waals surface area contributed by atoms with Gasteiger partial charge in [-0.2, -0.15) is 0 Å². The Hall–Kier alpha value is -0.120. The summed E-state index contributed by atoms with van der Waals surface area (Å²) in [4.78, 5) is 2.63. The summed E-state index contributed by atoms with van der Waals surface area (Å²) in [6.45, 7) is 13.5. The maximum absolute atomic E-state index is 5.25. The highest BCUT2D eigenvalue weighted by molar-refractivity contribution is 4.87. The minimum absolute atomic E-state index is 0.658. The number of rotatable bonds is 7. The molecule has 0 aromatic rings. The molecule has 18 heavy (non-hydrogen) atoms. The van der Waals surface area contributed by atoms with Crippen LogP contribution in [-0.4, -0.2) is 50.3 Å². The molecular weight excluding hydrogens is 224 g/mol. The molecule has 3 heteroatoms. The van der Waals surface area contributed by atoms with Crippen molar-refractivity contribution in [2.45, 2.75) is 52.6 Å². The van der Waals surface area contributed by atoms with Gasteiger partial charge in [0.15, 0.2) is 0 Å². The summed E-state index contributed by atoms with van der Waals surface area (Å²) >= 11 is 0. The van der Waals surface area contributed by atoms with Crippen molar-refractivity contribution in [2.24, 2.45) is 11.8 Å². The Balaban J connectivity index is 2.49. The fraction of sp³-hybridized carbons (Fsp3) is 1.00. The molecule has 2 atom stereocenters. The second kappa shape index (κ2) is 8.13. The smallest absolute Gasteiger partial charge is 0.0589 e. The average molecular weight is 256 g/mol. The molecule has 0 radical (unpaired) electrons. The zero-order valence-corrected chi connectivity index (χ0v) is 12.9. The van der Waals surface area contributed by atoms with Crippen molar-refractivity contribution in [3.05, 3.63) is 0 Å². The summed E-state index contributed by atoms with van der Waals surface area (Å²) in [6.07, 6.45) is 2.56. The predicted octanol–water partition coefficient (Wildman–Crippen LogP) is 2.37. The molecule has 1 fully saturated rings. The van der Waals surface area contributed by atoms with E-state index >= 15 is 0 Å². The van der Waals surface area contributed by atoms with E-state index in [0.29, 0.717) is 12.1 Å². The first kappa shape index (κ1) is 15.9. The van der Waals surface area contributed by atoms with Gasteiger partial charge in [-0.1, -0.05) is 27.7 Å². The molecule has 1 rings (SSSR count). The van der Waals surface area contributed by atoms with E-state index in [2.05, 4.69) is 37.9 Å². The molecule has 1 N–H and O–H groups in total. The zero-order chi connectivity index (χ0) is 13.5. The largest absolute Gasteiger partial charge is 0.383 e. The van der Waals surface area contributed by atoms with Gasteiger partial charge in [-0.15, -0.1) is 0 Å². The topological polar surface area (TPSA) is 24.5 Å². The fourth-order valence-electron chi connectivity index (χ4n) is 2.91. The molecular formula is C15H32N2O. The summed E-state index contributed by atoms with van der Waals surface area (Å²) < 4.78 is 5.25. The van der Waals surface area contributed by atoms with E-state index in [1.165, 1.54) is 19.4 Å². The third-order valence-corrected chi connectivity index (χ3v) is 3.70. The minimum Gasteiger partial charge on any atom is -0.383 e. The van der Waals surface area contributed by atoms with Crippen LogP contribution >= 0.6 is 0 Å². The summed E-state index contributed by atoms with van der Waals surface area (Å²) in [5, 5.41) is 3.73. The van der Waals surface area contributed by atoms with E-state index in [0.717, 1.165) is 31.5 Å². The van der Waals surface area contributed by atoms with Gasteiger partial charge in [-0.3, -0.25) is 4.90 Å². The highest BCUT2D eigenvalue weighted by Crippen LogP contribution is 2.18. The maximum Gasteiger partial charge on any atom is 0.0589 e. The standard InChI is InChI=1S/C15H32N2O/c1-12(2)8-14-11-17(6-7-18-5)15(10-16-14)9-13(3)4/h12-16H,6-11H2,1-5H3. The number of piperazine rings is 1. The lowest BCUT2D eigenvalue weighted by Crippen LogP contribution is -2.57. The van der Waals surface area contributed by atoms with Crippen LogP contribution in [0, 0.1) is 11.8 Å². The first-order valence-corrected chi connectivity index (χ1v) is 7.49. The van der Waals surface area contributed by atoms with Crippen LogP contribution in [0.2, 0.25) is 0 Å². The first-order chi connectivity index (χ1) is 8.52. The van der Waals surface area contributed by atoms with Crippen LogP contribution in [0.1, 0.15) is 40.5 Å². The van der Waals surface area contributed by atoms with Crippen molar-refractivity contribution in [1.82, 2.24) is 10.2 Å². The Labute approximate surface area is 113 Å². The van der Waals surface area contributed by atoms with Crippen LogP contribution in [0.5, 0.6) is 0 Å². The summed E-state index contributed by atoms with van der Waals surface area (Å²) in [7, 11) is 1.80. The van der Waals surface area contributed by atoms with Crippen LogP contribution in [-0.2, 0) is 4.74 Å². The number of hydrogen-bond acceptors (Lipinski definition) is 3. The van der Waals surface area contributed by atoms with E-state index in [1.54, 1.807) is 7.11 Å². The summed E-state index contributed by atoms with van der Waals surface area (Å²) in [6, 6.07) is 1.34. The van der Waals surface area contributed by atoms with Gasteiger partial charge >= 0.3 is 0 Å². The monoisotopic (exact) mass is 256 g/mol. The third-order valence-electron chi connectivity index (χ3n) is 3.70. The number of nitrogens with zero attached hydrogens (tertiary/aromatic N) is 1. The third kappa shape index (κ3) is 5.68. The zero-order valence-electron chi connectivity index (χ0n) is 12.9. The maximum atomic E-state index is 5.25. The van der Waals surface area contributed by atoms with Crippen LogP contribution in [0.15, 0.2) is 0 Å². The molecule has 2 unspecified atom stereocenters. The van der Waals surface area contributed by atoms with E-state index in [-0.39, 0.29) is 0 Å². The molecule has 0 aliphatic carbocycles. The lowest BCUT2D eigenvalue weighted by Gasteiger charge is -2.41. The van der Waals surface area contributed by atoms with Crippen molar-refractivity contribution >= 4 is 0 Å². The Morgan fingerprint density at radius 3 is 2.39 bits per heavy atom. The molecule has 1 aliphatic heterocycles. The summed E-state index contributed by atoms with van der Waals surface area (Å²) in [5.41, 5.74) is 0. The average Bonchev–Trinajstić information content (AvgIpc) is 2.27. The van der Waals surface area contributed by atoms with Crippen molar-refractivity contribution in [3.8, 4) is 0 Å². The second-order valence-electron chi connectivity index (χ2n) is 6.51. The molecule has 0 spiro atoms. The van der Waals surface area contributed by atoms with Gasteiger partial charge < -0.3 is 10.1 Å². The minimum atomic E-state index is 0.658. The Kier molecular flexibility index (Phi) is 7.20. The number of ether oxygens (including phenoxy) is 1. The predicted molar refractivity (Wildman–Crippen MR) is 77.9 cm³/mol. The summed E-state index contributed by atoms with van der Waals surface area (Å²) in [5.74, 6) is 1.54. The molecule has 0 saturated carbocycles. The van der Waals surface area contributed by atoms with Crippen LogP contribution in [0.25, 0.3) is 0 Å². The van der Waals surface area contributed by atoms with Crippen molar-refractivity contribution in [2.75, 3.05) is 33.4 Å². The molecule has 0 bridgehead atoms. The van der Waals surface area contributed by atoms with E-state index in [1.807, 2.05) is 0 Å². The first-order valence-electron chi connectivity index (χ1n) is 7.49. The quantitative estimate of drug-likeness (QED) is 0.757. The van der Waals surface area contributed by atoms with Gasteiger partial charge in [0.25, 0.3) is 0 Å². The van der Waals surface area contributed by atoms with Gasteiger partial charge in [-0.05, 0) is 24.7 Å². The Bertz CT molecular complexity index is 219. The number of hydrogen-bond donors (Lipinski definition) is 1. The fourth-order valence-corrected chi connectivity index (χ4v) is 2.91. The van der Waals surface area contributed by atoms with E-state index in [9.17, 15) is 0 Å².